The maximum atomic E-state index is 12.6. The monoisotopic (exact) mass is 464 g/mol. The Bertz CT molecular complexity index is 994. The molecule has 0 atom stereocenters. The van der Waals surface area contributed by atoms with E-state index in [9.17, 15) is 4.79 Å². The van der Waals surface area contributed by atoms with Crippen molar-refractivity contribution in [2.24, 2.45) is 0 Å². The molecular weight excluding hydrogens is 428 g/mol. The fourth-order valence-electron chi connectivity index (χ4n) is 5.59. The number of fused-ring (bicyclic) bond motifs is 1. The lowest BCUT2D eigenvalue weighted by Crippen LogP contribution is -2.46. The molecule has 2 fully saturated rings. The minimum atomic E-state index is -0.266. The molecule has 1 aliphatic carbocycles. The number of carbonyl (C=O) groups excluding carboxylic acids is 1. The van der Waals surface area contributed by atoms with Crippen LogP contribution in [0.4, 0.5) is 5.69 Å². The highest BCUT2D eigenvalue weighted by atomic mass is 16.5. The number of hydrogen-bond donors (Lipinski definition) is 0. The van der Waals surface area contributed by atoms with Gasteiger partial charge in [-0.2, -0.15) is 0 Å². The predicted octanol–water partition coefficient (Wildman–Crippen LogP) is 4.95. The van der Waals surface area contributed by atoms with Gasteiger partial charge < -0.3 is 19.1 Å². The minimum Gasteiger partial charge on any atom is -0.495 e. The Morgan fingerprint density at radius 2 is 1.79 bits per heavy atom. The van der Waals surface area contributed by atoms with E-state index in [2.05, 4.69) is 21.9 Å². The van der Waals surface area contributed by atoms with Crippen LogP contribution in [0.1, 0.15) is 55.3 Å². The third-order valence-electron chi connectivity index (χ3n) is 7.51. The van der Waals surface area contributed by atoms with Crippen LogP contribution in [0.15, 0.2) is 42.5 Å². The molecule has 0 N–H and O–H groups in total. The number of anilines is 1. The van der Waals surface area contributed by atoms with Gasteiger partial charge in [-0.15, -0.1) is 0 Å². The second-order valence-electron chi connectivity index (χ2n) is 9.81. The molecule has 6 heteroatoms. The molecule has 6 nitrogen and oxygen atoms in total. The number of carbonyl (C=O) groups is 1. The maximum absolute atomic E-state index is 12.6. The minimum absolute atomic E-state index is 0.209. The van der Waals surface area contributed by atoms with Crippen LogP contribution in [0.2, 0.25) is 0 Å². The molecule has 34 heavy (non-hydrogen) atoms. The summed E-state index contributed by atoms with van der Waals surface area (Å²) in [6.07, 6.45) is 6.90. The van der Waals surface area contributed by atoms with E-state index in [-0.39, 0.29) is 11.4 Å². The summed E-state index contributed by atoms with van der Waals surface area (Å²) in [7, 11) is 1.74. The van der Waals surface area contributed by atoms with E-state index in [0.717, 1.165) is 82.7 Å². The van der Waals surface area contributed by atoms with Gasteiger partial charge in [-0.3, -0.25) is 9.69 Å². The molecule has 182 valence electrons. The Morgan fingerprint density at radius 3 is 2.59 bits per heavy atom. The average molecular weight is 465 g/mol. The first-order chi connectivity index (χ1) is 16.7. The van der Waals surface area contributed by atoms with E-state index in [1.807, 2.05) is 30.3 Å². The second kappa shape index (κ2) is 10.3. The average Bonchev–Trinajstić information content (AvgIpc) is 3.31. The molecule has 2 aromatic carbocycles. The summed E-state index contributed by atoms with van der Waals surface area (Å²) >= 11 is 0. The first kappa shape index (κ1) is 23.0. The normalized spacial score (nSPS) is 19.7. The number of ether oxygens (including phenoxy) is 3. The van der Waals surface area contributed by atoms with Crippen molar-refractivity contribution in [2.45, 2.75) is 50.5 Å². The Morgan fingerprint density at radius 1 is 1.00 bits per heavy atom. The van der Waals surface area contributed by atoms with Gasteiger partial charge in [0.25, 0.3) is 0 Å². The molecule has 1 saturated heterocycles. The number of nitrogens with zero attached hydrogens (tertiary/aromatic N) is 2. The van der Waals surface area contributed by atoms with Crippen LogP contribution in [-0.4, -0.2) is 62.7 Å². The number of hydrogen-bond acceptors (Lipinski definition) is 6. The molecule has 2 heterocycles. The molecule has 1 spiro atoms. The van der Waals surface area contributed by atoms with Gasteiger partial charge in [-0.1, -0.05) is 12.1 Å². The van der Waals surface area contributed by atoms with Crippen molar-refractivity contribution < 1.29 is 19.0 Å². The van der Waals surface area contributed by atoms with Crippen molar-refractivity contribution in [1.82, 2.24) is 4.90 Å². The van der Waals surface area contributed by atoms with Crippen molar-refractivity contribution in [3.63, 3.8) is 0 Å². The van der Waals surface area contributed by atoms with Gasteiger partial charge in [-0.05, 0) is 69.3 Å². The molecule has 1 saturated carbocycles. The molecule has 0 unspecified atom stereocenters. The zero-order valence-corrected chi connectivity index (χ0v) is 20.3. The van der Waals surface area contributed by atoms with Crippen LogP contribution in [0.5, 0.6) is 17.2 Å². The fraction of sp³-hybridized carbons (Fsp3) is 0.536. The summed E-state index contributed by atoms with van der Waals surface area (Å²) in [6.45, 7) is 5.94. The number of Topliss-reactive ketones (excluding diaryl/α,β-unsaturated/α-hetero) is 1. The molecular formula is C28H36N2O4. The molecule has 3 aliphatic rings. The Kier molecular flexibility index (Phi) is 6.95. The Labute approximate surface area is 202 Å². The number of ketones is 1. The lowest BCUT2D eigenvalue weighted by atomic mass is 9.88. The van der Waals surface area contributed by atoms with Crippen LogP contribution in [0.3, 0.4) is 0 Å². The first-order valence-corrected chi connectivity index (χ1v) is 12.8. The standard InChI is InChI=1S/C28H36N2O4/c1-32-26-9-3-2-8-24(26)30-17-15-29(16-18-30)14-6-7-19-33-22-10-11-23-25(31)21-28(12-4-5-13-28)34-27(23)20-22/h2-3,8-11,20H,4-7,12-19,21H2,1H3. The predicted molar refractivity (Wildman–Crippen MR) is 134 cm³/mol. The van der Waals surface area contributed by atoms with Gasteiger partial charge in [0, 0.05) is 32.2 Å². The van der Waals surface area contributed by atoms with Crippen molar-refractivity contribution in [3.05, 3.63) is 48.0 Å². The molecule has 2 aliphatic heterocycles. The zero-order valence-electron chi connectivity index (χ0n) is 20.3. The van der Waals surface area contributed by atoms with Crippen molar-refractivity contribution in [2.75, 3.05) is 51.3 Å². The second-order valence-corrected chi connectivity index (χ2v) is 9.81. The van der Waals surface area contributed by atoms with E-state index >= 15 is 0 Å². The summed E-state index contributed by atoms with van der Waals surface area (Å²) in [5.74, 6) is 2.67. The molecule has 0 amide bonds. The smallest absolute Gasteiger partial charge is 0.170 e. The zero-order chi connectivity index (χ0) is 23.4. The topological polar surface area (TPSA) is 51.2 Å². The van der Waals surface area contributed by atoms with Gasteiger partial charge in [0.05, 0.1) is 31.4 Å². The highest BCUT2D eigenvalue weighted by Crippen LogP contribution is 2.43. The van der Waals surface area contributed by atoms with E-state index in [0.29, 0.717) is 24.3 Å². The van der Waals surface area contributed by atoms with Crippen LogP contribution < -0.4 is 19.1 Å². The van der Waals surface area contributed by atoms with Crippen LogP contribution in [0, 0.1) is 0 Å². The Balaban J connectivity index is 1.04. The van der Waals surface area contributed by atoms with Crippen LogP contribution >= 0.6 is 0 Å². The van der Waals surface area contributed by atoms with Gasteiger partial charge in [0.1, 0.15) is 22.8 Å². The summed E-state index contributed by atoms with van der Waals surface area (Å²) < 4.78 is 17.9. The summed E-state index contributed by atoms with van der Waals surface area (Å²) in [5, 5.41) is 0. The molecule has 0 bridgehead atoms. The molecule has 0 aromatic heterocycles. The number of unbranched alkanes of at least 4 members (excludes halogenated alkanes) is 1. The summed E-state index contributed by atoms with van der Waals surface area (Å²) in [6, 6.07) is 14.0. The lowest BCUT2D eigenvalue weighted by Gasteiger charge is -2.36. The number of piperazine rings is 1. The molecule has 0 radical (unpaired) electrons. The third kappa shape index (κ3) is 5.02. The highest BCUT2D eigenvalue weighted by Gasteiger charge is 2.42. The fourth-order valence-corrected chi connectivity index (χ4v) is 5.59. The highest BCUT2D eigenvalue weighted by molar-refractivity contribution is 6.00. The van der Waals surface area contributed by atoms with E-state index in [4.69, 9.17) is 14.2 Å². The first-order valence-electron chi connectivity index (χ1n) is 12.8. The number of rotatable bonds is 8. The van der Waals surface area contributed by atoms with Crippen molar-refractivity contribution >= 4 is 11.5 Å². The van der Waals surface area contributed by atoms with Crippen LogP contribution in [-0.2, 0) is 0 Å². The van der Waals surface area contributed by atoms with Crippen LogP contribution in [0.25, 0.3) is 0 Å². The Hall–Kier alpha value is -2.73. The number of para-hydroxylation sites is 2. The summed E-state index contributed by atoms with van der Waals surface area (Å²) in [5.41, 5.74) is 1.63. The molecule has 5 rings (SSSR count). The quantitative estimate of drug-likeness (QED) is 0.515. The van der Waals surface area contributed by atoms with Gasteiger partial charge in [0.15, 0.2) is 5.78 Å². The summed E-state index contributed by atoms with van der Waals surface area (Å²) in [4.78, 5) is 17.6. The largest absolute Gasteiger partial charge is 0.495 e. The molecule has 2 aromatic rings. The number of methoxy groups -OCH3 is 1. The van der Waals surface area contributed by atoms with E-state index in [1.165, 1.54) is 5.69 Å². The number of benzene rings is 2. The lowest BCUT2D eigenvalue weighted by molar-refractivity contribution is 0.0448. The third-order valence-corrected chi connectivity index (χ3v) is 7.51. The maximum Gasteiger partial charge on any atom is 0.170 e. The van der Waals surface area contributed by atoms with E-state index in [1.54, 1.807) is 7.11 Å². The van der Waals surface area contributed by atoms with Gasteiger partial charge >= 0.3 is 0 Å². The van der Waals surface area contributed by atoms with Crippen molar-refractivity contribution in [1.29, 1.82) is 0 Å². The SMILES string of the molecule is COc1ccccc1N1CCN(CCCCOc2ccc3c(c2)OC2(CCCC2)CC3=O)CC1. The van der Waals surface area contributed by atoms with E-state index < -0.39 is 0 Å². The van der Waals surface area contributed by atoms with Gasteiger partial charge in [-0.25, -0.2) is 0 Å². The van der Waals surface area contributed by atoms with Crippen molar-refractivity contribution in [3.8, 4) is 17.2 Å². The van der Waals surface area contributed by atoms with Gasteiger partial charge in [0.2, 0.25) is 0 Å².